The van der Waals surface area contributed by atoms with Crippen LogP contribution in [0.15, 0.2) is 60.7 Å². The fraction of sp³-hybridized carbons (Fsp3) is 0.571. The Morgan fingerprint density at radius 1 is 0.676 bits per heavy atom. The highest BCUT2D eigenvalue weighted by molar-refractivity contribution is 5.45. The largest absolute Gasteiger partial charge is 0.377 e. The van der Waals surface area contributed by atoms with Gasteiger partial charge in [-0.15, -0.1) is 0 Å². The topological polar surface area (TPSA) is 77.1 Å². The lowest BCUT2D eigenvalue weighted by molar-refractivity contribution is -0.368. The van der Waals surface area contributed by atoms with E-state index in [-0.39, 0.29) is 12.2 Å². The van der Waals surface area contributed by atoms with Crippen molar-refractivity contribution in [3.8, 4) is 0 Å². The van der Waals surface area contributed by atoms with E-state index in [1.807, 2.05) is 48.5 Å². The number of benzene rings is 2. The van der Waals surface area contributed by atoms with Crippen LogP contribution in [0.5, 0.6) is 0 Å². The molecule has 9 nitrogen and oxygen atoms in total. The molecule has 0 saturated carbocycles. The Morgan fingerprint density at radius 2 is 1.32 bits per heavy atom. The van der Waals surface area contributed by atoms with Crippen molar-refractivity contribution in [1.29, 1.82) is 0 Å². The summed E-state index contributed by atoms with van der Waals surface area (Å²) in [7, 11) is 1.61. The molecule has 0 N–H and O–H groups in total. The van der Waals surface area contributed by atoms with Crippen molar-refractivity contribution in [2.24, 2.45) is 0 Å². The Hall–Kier alpha value is -2.08. The van der Waals surface area contributed by atoms with Gasteiger partial charge in [-0.25, -0.2) is 0 Å². The second-order valence-electron chi connectivity index (χ2n) is 9.17. The van der Waals surface area contributed by atoms with Crippen LogP contribution in [0.2, 0.25) is 0 Å². The van der Waals surface area contributed by atoms with Gasteiger partial charge in [0.1, 0.15) is 24.4 Å². The molecule has 3 fully saturated rings. The maximum absolute atomic E-state index is 6.40. The van der Waals surface area contributed by atoms with Crippen LogP contribution >= 0.6 is 0 Å². The third-order valence-electron chi connectivity index (χ3n) is 6.80. The molecular weight excluding hydrogens is 478 g/mol. The molecular formula is C28H37NO8. The molecule has 1 unspecified atom stereocenters. The number of hydrogen-bond acceptors (Lipinski definition) is 9. The zero-order valence-electron chi connectivity index (χ0n) is 21.3. The molecule has 3 aliphatic rings. The maximum atomic E-state index is 6.40. The summed E-state index contributed by atoms with van der Waals surface area (Å²) in [5.74, 6) is 0. The van der Waals surface area contributed by atoms with Crippen LogP contribution in [0.1, 0.15) is 11.9 Å². The van der Waals surface area contributed by atoms with E-state index < -0.39 is 24.8 Å². The highest BCUT2D eigenvalue weighted by Crippen LogP contribution is 2.36. The normalized spacial score (nSPS) is 32.4. The zero-order valence-corrected chi connectivity index (χ0v) is 21.3. The molecule has 2 aromatic rings. The minimum Gasteiger partial charge on any atom is -0.377 e. The molecule has 0 radical (unpaired) electrons. The molecule has 5 rings (SSSR count). The zero-order chi connectivity index (χ0) is 25.3. The lowest BCUT2D eigenvalue weighted by Gasteiger charge is -2.48. The Kier molecular flexibility index (Phi) is 9.78. The van der Waals surface area contributed by atoms with E-state index in [1.54, 1.807) is 7.11 Å². The van der Waals surface area contributed by atoms with Gasteiger partial charge in [0, 0.05) is 31.5 Å². The summed E-state index contributed by atoms with van der Waals surface area (Å²) in [6.07, 6.45) is -2.76. The van der Waals surface area contributed by atoms with Crippen molar-refractivity contribution in [1.82, 2.24) is 0 Å². The van der Waals surface area contributed by atoms with Gasteiger partial charge < -0.3 is 42.8 Å². The molecule has 0 aromatic heterocycles. The van der Waals surface area contributed by atoms with Crippen molar-refractivity contribution < 1.29 is 37.9 Å². The second-order valence-corrected chi connectivity index (χ2v) is 9.17. The van der Waals surface area contributed by atoms with E-state index in [0.717, 1.165) is 24.3 Å². The van der Waals surface area contributed by atoms with Gasteiger partial charge in [0.2, 0.25) is 0 Å². The van der Waals surface area contributed by atoms with E-state index >= 15 is 0 Å². The average molecular weight is 516 g/mol. The third-order valence-corrected chi connectivity index (χ3v) is 6.80. The molecule has 0 spiro atoms. The van der Waals surface area contributed by atoms with Gasteiger partial charge in [0.25, 0.3) is 0 Å². The summed E-state index contributed by atoms with van der Waals surface area (Å²) >= 11 is 0. The molecule has 0 amide bonds. The minimum absolute atomic E-state index is 0.339. The summed E-state index contributed by atoms with van der Waals surface area (Å²) in [6, 6.07) is 20.2. The molecule has 6 atom stereocenters. The number of nitrogens with zero attached hydrogens (tertiary/aromatic N) is 1. The Labute approximate surface area is 218 Å². The van der Waals surface area contributed by atoms with E-state index in [4.69, 9.17) is 37.9 Å². The molecule has 9 heteroatoms. The first-order valence-corrected chi connectivity index (χ1v) is 13.0. The molecule has 0 bridgehead atoms. The molecule has 202 valence electrons. The van der Waals surface area contributed by atoms with Crippen molar-refractivity contribution in [3.63, 3.8) is 0 Å². The van der Waals surface area contributed by atoms with Crippen LogP contribution < -0.4 is 4.90 Å². The van der Waals surface area contributed by atoms with Gasteiger partial charge in [-0.3, -0.25) is 0 Å². The summed E-state index contributed by atoms with van der Waals surface area (Å²) in [4.78, 5) is 2.26. The van der Waals surface area contributed by atoms with Gasteiger partial charge in [-0.2, -0.15) is 0 Å². The predicted octanol–water partition coefficient (Wildman–Crippen LogP) is 2.80. The summed E-state index contributed by atoms with van der Waals surface area (Å²) in [5.41, 5.74) is 2.09. The van der Waals surface area contributed by atoms with Crippen LogP contribution in [0.25, 0.3) is 0 Å². The lowest BCUT2D eigenvalue weighted by Crippen LogP contribution is -2.63. The van der Waals surface area contributed by atoms with Crippen molar-refractivity contribution >= 4 is 5.69 Å². The molecule has 3 aliphatic heterocycles. The first-order valence-electron chi connectivity index (χ1n) is 13.0. The van der Waals surface area contributed by atoms with Crippen LogP contribution in [-0.2, 0) is 37.9 Å². The number of rotatable bonds is 3. The molecule has 2 aromatic carbocycles. The summed E-state index contributed by atoms with van der Waals surface area (Å²) < 4.78 is 48.7. The van der Waals surface area contributed by atoms with E-state index in [1.165, 1.54) is 0 Å². The van der Waals surface area contributed by atoms with Crippen LogP contribution in [-0.4, -0.2) is 97.2 Å². The average Bonchev–Trinajstić information content (AvgIpc) is 2.96. The van der Waals surface area contributed by atoms with Crippen LogP contribution in [0.3, 0.4) is 0 Å². The Bertz CT molecular complexity index is 919. The van der Waals surface area contributed by atoms with Gasteiger partial charge in [-0.1, -0.05) is 48.5 Å². The molecule has 3 saturated heterocycles. The van der Waals surface area contributed by atoms with E-state index in [0.29, 0.717) is 46.2 Å². The van der Waals surface area contributed by atoms with Gasteiger partial charge in [-0.05, 0) is 12.1 Å². The lowest BCUT2D eigenvalue weighted by atomic mass is 9.97. The van der Waals surface area contributed by atoms with Gasteiger partial charge >= 0.3 is 0 Å². The third kappa shape index (κ3) is 6.87. The Morgan fingerprint density at radius 3 is 2.00 bits per heavy atom. The first kappa shape index (κ1) is 26.5. The maximum Gasteiger partial charge on any atom is 0.186 e. The fourth-order valence-electron chi connectivity index (χ4n) is 4.93. The second kappa shape index (κ2) is 13.6. The van der Waals surface area contributed by atoms with Crippen molar-refractivity contribution in [2.75, 3.05) is 71.3 Å². The van der Waals surface area contributed by atoms with Crippen molar-refractivity contribution in [3.05, 3.63) is 66.2 Å². The number of hydrogen-bond donors (Lipinski definition) is 0. The van der Waals surface area contributed by atoms with Gasteiger partial charge in [0.05, 0.1) is 46.2 Å². The van der Waals surface area contributed by atoms with Crippen LogP contribution in [0, 0.1) is 0 Å². The quantitative estimate of drug-likeness (QED) is 0.613. The van der Waals surface area contributed by atoms with Gasteiger partial charge in [0.15, 0.2) is 12.6 Å². The molecule has 0 aliphatic carbocycles. The highest BCUT2D eigenvalue weighted by Gasteiger charge is 2.51. The van der Waals surface area contributed by atoms with Crippen LogP contribution in [0.4, 0.5) is 5.69 Å². The predicted molar refractivity (Wildman–Crippen MR) is 135 cm³/mol. The van der Waals surface area contributed by atoms with Crippen molar-refractivity contribution in [2.45, 2.75) is 37.0 Å². The summed E-state index contributed by atoms with van der Waals surface area (Å²) in [6.45, 7) is 4.73. The Balaban J connectivity index is 1.26. The number of para-hydroxylation sites is 1. The number of fused-ring (bicyclic) bond motifs is 3. The molecule has 37 heavy (non-hydrogen) atoms. The number of methoxy groups -OCH3 is 1. The SMILES string of the molecule is CO[C@H]1O[C@@H]2COC(c3ccccc3)O[C@H]2[C@@H]2OCCOCCN(c3ccccc3)CCOCCO[C@@H]12. The standard InChI is InChI=1S/C28H37NO8/c1-30-28-26-25(24-23(36-28)20-35-27(37-24)21-8-4-2-5-9-21)33-18-16-31-14-12-29(13-15-32-17-19-34-26)22-10-6-3-7-11-22/h2-11,23-28H,12-20H2,1H3/t23-,24-,25+,26-,27?,28+/m1/s1. The summed E-state index contributed by atoms with van der Waals surface area (Å²) in [5, 5.41) is 0. The van der Waals surface area contributed by atoms with E-state index in [9.17, 15) is 0 Å². The first-order chi connectivity index (χ1) is 18.3. The fourth-order valence-corrected chi connectivity index (χ4v) is 4.93. The highest BCUT2D eigenvalue weighted by atomic mass is 16.8. The monoisotopic (exact) mass is 515 g/mol. The number of ether oxygens (including phenoxy) is 8. The number of anilines is 1. The molecule has 3 heterocycles. The van der Waals surface area contributed by atoms with E-state index in [2.05, 4.69) is 17.0 Å². The smallest absolute Gasteiger partial charge is 0.186 e. The minimum atomic E-state index is -0.614.